The van der Waals surface area contributed by atoms with Gasteiger partial charge >= 0.3 is 0 Å². The van der Waals surface area contributed by atoms with Crippen molar-refractivity contribution in [3.63, 3.8) is 0 Å². The summed E-state index contributed by atoms with van der Waals surface area (Å²) in [4.78, 5) is 12.6. The van der Waals surface area contributed by atoms with Crippen molar-refractivity contribution in [1.29, 1.82) is 0 Å². The molecule has 7 heteroatoms. The number of furan rings is 1. The summed E-state index contributed by atoms with van der Waals surface area (Å²) < 4.78 is 12.8. The molecule has 0 radical (unpaired) electrons. The second-order valence-corrected chi connectivity index (χ2v) is 6.76. The zero-order chi connectivity index (χ0) is 19.1. The van der Waals surface area contributed by atoms with Gasteiger partial charge in [-0.25, -0.2) is 4.68 Å². The number of rotatable bonds is 4. The third-order valence-corrected chi connectivity index (χ3v) is 5.00. The zero-order valence-electron chi connectivity index (χ0n) is 15.3. The molecule has 0 spiro atoms. The number of para-hydroxylation sites is 1. The van der Waals surface area contributed by atoms with Crippen LogP contribution in [0.1, 0.15) is 33.2 Å². The molecule has 5 rings (SSSR count). The summed E-state index contributed by atoms with van der Waals surface area (Å²) >= 11 is 0. The predicted octanol–water partition coefficient (Wildman–Crippen LogP) is 3.46. The molecule has 0 fully saturated rings. The Kier molecular flexibility index (Phi) is 3.86. The van der Waals surface area contributed by atoms with Crippen molar-refractivity contribution in [2.45, 2.75) is 26.3 Å². The number of amides is 1. The third-order valence-electron chi connectivity index (χ3n) is 5.00. The average molecular weight is 374 g/mol. The van der Waals surface area contributed by atoms with Crippen LogP contribution < -0.4 is 5.32 Å². The van der Waals surface area contributed by atoms with E-state index in [-0.39, 0.29) is 5.91 Å². The standard InChI is InChI=1S/C21H18N4O3/c1-13-18-17(25(23-13)14-6-3-2-4-7-14)10-9-16-19(24-28-20(16)18)21(26)22-12-15-8-5-11-27-15/h2-8,11H,9-10,12H2,1H3,(H,22,26). The number of fused-ring (bicyclic) bond motifs is 3. The number of aryl methyl sites for hydroxylation is 1. The number of benzene rings is 1. The highest BCUT2D eigenvalue weighted by molar-refractivity contribution is 5.95. The summed E-state index contributed by atoms with van der Waals surface area (Å²) in [5.41, 5.74) is 5.04. The summed E-state index contributed by atoms with van der Waals surface area (Å²) in [6.07, 6.45) is 3.01. The Morgan fingerprint density at radius 2 is 2.04 bits per heavy atom. The van der Waals surface area contributed by atoms with Crippen molar-refractivity contribution in [3.8, 4) is 17.0 Å². The molecule has 3 aromatic heterocycles. The summed E-state index contributed by atoms with van der Waals surface area (Å²) in [5.74, 6) is 1.06. The summed E-state index contributed by atoms with van der Waals surface area (Å²) in [7, 11) is 0. The van der Waals surface area contributed by atoms with Crippen LogP contribution in [-0.2, 0) is 19.4 Å². The number of hydrogen-bond donors (Lipinski definition) is 1. The molecular formula is C21H18N4O3. The fraction of sp³-hybridized carbons (Fsp3) is 0.190. The normalized spacial score (nSPS) is 12.5. The highest BCUT2D eigenvalue weighted by Crippen LogP contribution is 2.38. The Bertz CT molecular complexity index is 1140. The lowest BCUT2D eigenvalue weighted by Crippen LogP contribution is -2.24. The molecule has 7 nitrogen and oxygen atoms in total. The maximum absolute atomic E-state index is 12.6. The van der Waals surface area contributed by atoms with Crippen molar-refractivity contribution in [1.82, 2.24) is 20.3 Å². The van der Waals surface area contributed by atoms with Crippen molar-refractivity contribution in [2.24, 2.45) is 0 Å². The summed E-state index contributed by atoms with van der Waals surface area (Å²) in [6.45, 7) is 2.26. The van der Waals surface area contributed by atoms with Gasteiger partial charge in [0.1, 0.15) is 5.76 Å². The van der Waals surface area contributed by atoms with Crippen LogP contribution in [0.3, 0.4) is 0 Å². The molecule has 28 heavy (non-hydrogen) atoms. The third kappa shape index (κ3) is 2.63. The maximum Gasteiger partial charge on any atom is 0.274 e. The molecule has 0 bridgehead atoms. The van der Waals surface area contributed by atoms with E-state index in [4.69, 9.17) is 14.0 Å². The minimum absolute atomic E-state index is 0.266. The highest BCUT2D eigenvalue weighted by atomic mass is 16.5. The molecule has 0 saturated heterocycles. The van der Waals surface area contributed by atoms with Crippen LogP contribution in [-0.4, -0.2) is 20.8 Å². The van der Waals surface area contributed by atoms with E-state index in [0.717, 1.165) is 34.6 Å². The van der Waals surface area contributed by atoms with E-state index in [1.54, 1.807) is 12.3 Å². The second kappa shape index (κ2) is 6.53. The van der Waals surface area contributed by atoms with Gasteiger partial charge in [-0.15, -0.1) is 0 Å². The van der Waals surface area contributed by atoms with E-state index < -0.39 is 0 Å². The van der Waals surface area contributed by atoms with Gasteiger partial charge in [0.2, 0.25) is 0 Å². The van der Waals surface area contributed by atoms with Crippen molar-refractivity contribution in [3.05, 3.63) is 77.1 Å². The van der Waals surface area contributed by atoms with Crippen LogP contribution in [0, 0.1) is 6.92 Å². The quantitative estimate of drug-likeness (QED) is 0.591. The van der Waals surface area contributed by atoms with Gasteiger partial charge in [0.25, 0.3) is 5.91 Å². The Hall–Kier alpha value is -3.61. The van der Waals surface area contributed by atoms with Gasteiger partial charge in [-0.3, -0.25) is 4.79 Å². The maximum atomic E-state index is 12.6. The number of carbonyl (C=O) groups is 1. The van der Waals surface area contributed by atoms with Crippen molar-refractivity contribution >= 4 is 5.91 Å². The van der Waals surface area contributed by atoms with E-state index in [0.29, 0.717) is 30.2 Å². The molecule has 1 aliphatic carbocycles. The largest absolute Gasteiger partial charge is 0.467 e. The first-order chi connectivity index (χ1) is 13.7. The molecule has 1 N–H and O–H groups in total. The van der Waals surface area contributed by atoms with Gasteiger partial charge in [-0.05, 0) is 44.0 Å². The van der Waals surface area contributed by atoms with E-state index in [9.17, 15) is 4.79 Å². The smallest absolute Gasteiger partial charge is 0.274 e. The van der Waals surface area contributed by atoms with E-state index in [1.807, 2.05) is 48.0 Å². The molecule has 0 saturated carbocycles. The molecule has 1 aliphatic rings. The number of carbonyl (C=O) groups excluding carboxylic acids is 1. The SMILES string of the molecule is Cc1nn(-c2ccccc2)c2c1-c1onc(C(=O)NCc3ccco3)c1CC2. The molecule has 0 unspecified atom stereocenters. The van der Waals surface area contributed by atoms with Crippen LogP contribution >= 0.6 is 0 Å². The topological polar surface area (TPSA) is 86.1 Å². The minimum atomic E-state index is -0.266. The van der Waals surface area contributed by atoms with Gasteiger partial charge in [-0.1, -0.05) is 23.4 Å². The van der Waals surface area contributed by atoms with Crippen LogP contribution in [0.15, 0.2) is 57.7 Å². The van der Waals surface area contributed by atoms with Gasteiger partial charge in [0.15, 0.2) is 11.5 Å². The number of hydrogen-bond acceptors (Lipinski definition) is 5. The molecule has 1 aromatic carbocycles. The minimum Gasteiger partial charge on any atom is -0.467 e. The summed E-state index contributed by atoms with van der Waals surface area (Å²) in [5, 5.41) is 11.6. The van der Waals surface area contributed by atoms with Gasteiger partial charge in [0.05, 0.1) is 35.4 Å². The van der Waals surface area contributed by atoms with Crippen LogP contribution in [0.25, 0.3) is 17.0 Å². The molecule has 0 atom stereocenters. The molecule has 4 aromatic rings. The van der Waals surface area contributed by atoms with Crippen molar-refractivity contribution < 1.29 is 13.7 Å². The van der Waals surface area contributed by atoms with Crippen LogP contribution in [0.2, 0.25) is 0 Å². The van der Waals surface area contributed by atoms with E-state index in [1.165, 1.54) is 0 Å². The lowest BCUT2D eigenvalue weighted by Gasteiger charge is -2.14. The predicted molar refractivity (Wildman–Crippen MR) is 101 cm³/mol. The van der Waals surface area contributed by atoms with Crippen LogP contribution in [0.5, 0.6) is 0 Å². The lowest BCUT2D eigenvalue weighted by atomic mass is 9.92. The lowest BCUT2D eigenvalue weighted by molar-refractivity contribution is 0.0938. The molecule has 1 amide bonds. The molecule has 3 heterocycles. The second-order valence-electron chi connectivity index (χ2n) is 6.76. The fourth-order valence-electron chi connectivity index (χ4n) is 3.71. The van der Waals surface area contributed by atoms with Gasteiger partial charge < -0.3 is 14.3 Å². The first kappa shape index (κ1) is 16.6. The Balaban J connectivity index is 1.48. The average Bonchev–Trinajstić information content (AvgIpc) is 3.45. The Morgan fingerprint density at radius 1 is 1.18 bits per heavy atom. The van der Waals surface area contributed by atoms with E-state index >= 15 is 0 Å². The molecular weight excluding hydrogens is 356 g/mol. The number of aromatic nitrogens is 3. The Labute approximate surface area is 160 Å². The molecule has 140 valence electrons. The van der Waals surface area contributed by atoms with Crippen LogP contribution in [0.4, 0.5) is 0 Å². The van der Waals surface area contributed by atoms with Gasteiger partial charge in [-0.2, -0.15) is 5.10 Å². The Morgan fingerprint density at radius 3 is 2.82 bits per heavy atom. The number of nitrogens with zero attached hydrogens (tertiary/aromatic N) is 3. The van der Waals surface area contributed by atoms with Gasteiger partial charge in [0, 0.05) is 5.56 Å². The highest BCUT2D eigenvalue weighted by Gasteiger charge is 2.32. The summed E-state index contributed by atoms with van der Waals surface area (Å²) in [6, 6.07) is 13.6. The fourth-order valence-corrected chi connectivity index (χ4v) is 3.71. The first-order valence-electron chi connectivity index (χ1n) is 9.16. The first-order valence-corrected chi connectivity index (χ1v) is 9.16. The number of nitrogens with one attached hydrogen (secondary N) is 1. The van der Waals surface area contributed by atoms with E-state index in [2.05, 4.69) is 10.5 Å². The zero-order valence-corrected chi connectivity index (χ0v) is 15.3. The monoisotopic (exact) mass is 374 g/mol. The molecule has 0 aliphatic heterocycles. The van der Waals surface area contributed by atoms with Crippen molar-refractivity contribution in [2.75, 3.05) is 0 Å².